The van der Waals surface area contributed by atoms with Crippen LogP contribution in [0.4, 0.5) is 5.69 Å². The number of nitrogens with one attached hydrogen (secondary N) is 1. The number of rotatable bonds is 8. The van der Waals surface area contributed by atoms with Crippen LogP contribution < -0.4 is 14.8 Å². The van der Waals surface area contributed by atoms with Crippen molar-refractivity contribution in [2.45, 2.75) is 40.4 Å². The molecule has 1 aliphatic heterocycles. The van der Waals surface area contributed by atoms with Crippen LogP contribution in [0, 0.1) is 20.8 Å². The van der Waals surface area contributed by atoms with Crippen LogP contribution in [0.3, 0.4) is 0 Å². The fourth-order valence-electron chi connectivity index (χ4n) is 4.11. The lowest BCUT2D eigenvalue weighted by atomic mass is 10.1. The van der Waals surface area contributed by atoms with Gasteiger partial charge in [-0.05, 0) is 67.3 Å². The molecule has 0 fully saturated rings. The minimum absolute atomic E-state index is 0.193. The van der Waals surface area contributed by atoms with E-state index in [4.69, 9.17) is 9.47 Å². The smallest absolute Gasteiger partial charge is 0.275 e. The van der Waals surface area contributed by atoms with Gasteiger partial charge in [-0.3, -0.25) is 9.69 Å². The van der Waals surface area contributed by atoms with Crippen molar-refractivity contribution in [3.05, 3.63) is 105 Å². The van der Waals surface area contributed by atoms with Gasteiger partial charge < -0.3 is 14.8 Å². The summed E-state index contributed by atoms with van der Waals surface area (Å²) >= 11 is 1.51. The maximum Gasteiger partial charge on any atom is 0.275 e. The van der Waals surface area contributed by atoms with Crippen molar-refractivity contribution in [3.63, 3.8) is 0 Å². The second kappa shape index (κ2) is 10.5. The highest BCUT2D eigenvalue weighted by molar-refractivity contribution is 7.09. The molecule has 0 radical (unpaired) electrons. The zero-order chi connectivity index (χ0) is 25.1. The van der Waals surface area contributed by atoms with Gasteiger partial charge >= 0.3 is 0 Å². The molecule has 2 heterocycles. The van der Waals surface area contributed by atoms with Crippen molar-refractivity contribution < 1.29 is 14.3 Å². The van der Waals surface area contributed by atoms with Gasteiger partial charge in [0.1, 0.15) is 10.7 Å². The molecule has 4 aromatic rings. The van der Waals surface area contributed by atoms with E-state index in [1.54, 1.807) is 0 Å². The number of aromatic nitrogens is 1. The number of anilines is 1. The first-order valence-corrected chi connectivity index (χ1v) is 12.8. The Morgan fingerprint density at radius 2 is 1.64 bits per heavy atom. The molecule has 3 aromatic carbocycles. The summed E-state index contributed by atoms with van der Waals surface area (Å²) in [6.07, 6.45) is 0. The van der Waals surface area contributed by atoms with Gasteiger partial charge in [-0.15, -0.1) is 11.3 Å². The molecular weight excluding hydrogens is 470 g/mol. The van der Waals surface area contributed by atoms with E-state index in [0.717, 1.165) is 39.9 Å². The number of hydrogen-bond acceptors (Lipinski definition) is 6. The normalized spacial score (nSPS) is 12.2. The number of carbonyl (C=O) groups is 1. The van der Waals surface area contributed by atoms with E-state index in [2.05, 4.69) is 59.4 Å². The summed E-state index contributed by atoms with van der Waals surface area (Å²) in [4.78, 5) is 19.8. The maximum atomic E-state index is 12.8. The average Bonchev–Trinajstić information content (AvgIpc) is 3.52. The SMILES string of the molecule is Cc1ccc(CN(Cc2ccc3c(c2)OCO3)Cc2nc(C(=O)Nc3ccc(C)c(C)c3)cs2)cc1. The van der Waals surface area contributed by atoms with E-state index >= 15 is 0 Å². The Hall–Kier alpha value is -3.68. The van der Waals surface area contributed by atoms with Crippen molar-refractivity contribution >= 4 is 22.9 Å². The zero-order valence-electron chi connectivity index (χ0n) is 20.7. The molecule has 1 aliphatic rings. The van der Waals surface area contributed by atoms with Crippen LogP contribution in [0.5, 0.6) is 11.5 Å². The first-order chi connectivity index (χ1) is 17.4. The summed E-state index contributed by atoms with van der Waals surface area (Å²) in [6.45, 7) is 8.55. The molecule has 0 spiro atoms. The standard InChI is InChI=1S/C29H29N3O3S/c1-19-4-7-22(8-5-19)14-32(15-23-9-11-26-27(13-23)35-18-34-26)16-28-31-25(17-36-28)29(33)30-24-10-6-20(2)21(3)12-24/h4-13,17H,14-16,18H2,1-3H3,(H,30,33). The van der Waals surface area contributed by atoms with Crippen LogP contribution in [0.1, 0.15) is 43.3 Å². The number of amides is 1. The largest absolute Gasteiger partial charge is 0.454 e. The molecule has 36 heavy (non-hydrogen) atoms. The highest BCUT2D eigenvalue weighted by Crippen LogP contribution is 2.33. The molecule has 0 saturated carbocycles. The van der Waals surface area contributed by atoms with Gasteiger partial charge in [0.05, 0.1) is 6.54 Å². The zero-order valence-corrected chi connectivity index (χ0v) is 21.5. The van der Waals surface area contributed by atoms with E-state index < -0.39 is 0 Å². The minimum Gasteiger partial charge on any atom is -0.454 e. The van der Waals surface area contributed by atoms with Crippen molar-refractivity contribution in [1.29, 1.82) is 0 Å². The van der Waals surface area contributed by atoms with Crippen LogP contribution in [0.25, 0.3) is 0 Å². The molecule has 5 rings (SSSR count). The lowest BCUT2D eigenvalue weighted by molar-refractivity contribution is 0.102. The third-order valence-electron chi connectivity index (χ3n) is 6.28. The number of fused-ring (bicyclic) bond motifs is 1. The Morgan fingerprint density at radius 1 is 0.889 bits per heavy atom. The maximum absolute atomic E-state index is 12.8. The molecule has 0 saturated heterocycles. The first kappa shape index (κ1) is 24.0. The predicted molar refractivity (Wildman–Crippen MR) is 143 cm³/mol. The summed E-state index contributed by atoms with van der Waals surface area (Å²) < 4.78 is 11.0. The van der Waals surface area contributed by atoms with Crippen LogP contribution >= 0.6 is 11.3 Å². The third kappa shape index (κ3) is 5.75. The van der Waals surface area contributed by atoms with E-state index in [1.807, 2.05) is 42.6 Å². The summed E-state index contributed by atoms with van der Waals surface area (Å²) in [5, 5.41) is 5.69. The fourth-order valence-corrected chi connectivity index (χ4v) is 4.93. The number of ether oxygens (including phenoxy) is 2. The van der Waals surface area contributed by atoms with Crippen LogP contribution in [0.15, 0.2) is 66.0 Å². The van der Waals surface area contributed by atoms with Gasteiger partial charge in [-0.2, -0.15) is 0 Å². The quantitative estimate of drug-likeness (QED) is 0.310. The second-order valence-corrected chi connectivity index (χ2v) is 10.1. The molecule has 0 bridgehead atoms. The number of hydrogen-bond donors (Lipinski definition) is 1. The summed E-state index contributed by atoms with van der Waals surface area (Å²) in [5.74, 6) is 1.37. The summed E-state index contributed by atoms with van der Waals surface area (Å²) in [5.41, 5.74) is 7.15. The van der Waals surface area contributed by atoms with Crippen LogP contribution in [0.2, 0.25) is 0 Å². The monoisotopic (exact) mass is 499 g/mol. The average molecular weight is 500 g/mol. The summed E-state index contributed by atoms with van der Waals surface area (Å²) in [7, 11) is 0. The van der Waals surface area contributed by atoms with Crippen LogP contribution in [-0.2, 0) is 19.6 Å². The second-order valence-electron chi connectivity index (χ2n) is 9.20. The number of aryl methyl sites for hydroxylation is 3. The highest BCUT2D eigenvalue weighted by atomic mass is 32.1. The molecule has 1 aromatic heterocycles. The van der Waals surface area contributed by atoms with Crippen molar-refractivity contribution in [1.82, 2.24) is 9.88 Å². The number of nitrogens with zero attached hydrogens (tertiary/aromatic N) is 2. The molecule has 7 heteroatoms. The van der Waals surface area contributed by atoms with Crippen LogP contribution in [-0.4, -0.2) is 22.6 Å². The molecular formula is C29H29N3O3S. The van der Waals surface area contributed by atoms with E-state index in [9.17, 15) is 4.79 Å². The van der Waals surface area contributed by atoms with Gasteiger partial charge in [0, 0.05) is 24.2 Å². The fraction of sp³-hybridized carbons (Fsp3) is 0.241. The molecule has 6 nitrogen and oxygen atoms in total. The molecule has 0 aliphatic carbocycles. The van der Waals surface area contributed by atoms with E-state index in [-0.39, 0.29) is 12.7 Å². The third-order valence-corrected chi connectivity index (χ3v) is 7.11. The van der Waals surface area contributed by atoms with Gasteiger partial charge in [-0.1, -0.05) is 42.0 Å². The van der Waals surface area contributed by atoms with E-state index in [1.165, 1.54) is 28.0 Å². The minimum atomic E-state index is -0.193. The number of carbonyl (C=O) groups excluding carboxylic acids is 1. The summed E-state index contributed by atoms with van der Waals surface area (Å²) in [6, 6.07) is 20.6. The Morgan fingerprint density at radius 3 is 2.44 bits per heavy atom. The van der Waals surface area contributed by atoms with Crippen molar-refractivity contribution in [3.8, 4) is 11.5 Å². The molecule has 0 unspecified atom stereocenters. The Bertz CT molecular complexity index is 1380. The lowest BCUT2D eigenvalue weighted by Gasteiger charge is -2.22. The molecule has 1 amide bonds. The molecule has 1 N–H and O–H groups in total. The molecule has 184 valence electrons. The van der Waals surface area contributed by atoms with Crippen molar-refractivity contribution in [2.24, 2.45) is 0 Å². The highest BCUT2D eigenvalue weighted by Gasteiger charge is 2.17. The van der Waals surface area contributed by atoms with Gasteiger partial charge in [-0.25, -0.2) is 4.98 Å². The molecule has 0 atom stereocenters. The first-order valence-electron chi connectivity index (χ1n) is 11.9. The van der Waals surface area contributed by atoms with Crippen molar-refractivity contribution in [2.75, 3.05) is 12.1 Å². The lowest BCUT2D eigenvalue weighted by Crippen LogP contribution is -2.22. The number of thiazole rings is 1. The van der Waals surface area contributed by atoms with Gasteiger partial charge in [0.15, 0.2) is 11.5 Å². The Kier molecular flexibility index (Phi) is 7.02. The van der Waals surface area contributed by atoms with E-state index in [0.29, 0.717) is 18.8 Å². The number of benzene rings is 3. The predicted octanol–water partition coefficient (Wildman–Crippen LogP) is 6.25. The van der Waals surface area contributed by atoms with Gasteiger partial charge in [0.25, 0.3) is 5.91 Å². The topological polar surface area (TPSA) is 63.7 Å². The Labute approximate surface area is 215 Å². The van der Waals surface area contributed by atoms with Gasteiger partial charge in [0.2, 0.25) is 6.79 Å². The Balaban J connectivity index is 1.31.